The second-order valence-electron chi connectivity index (χ2n) is 8.37. The molecule has 0 aliphatic carbocycles. The second-order valence-corrected chi connectivity index (χ2v) is 8.37. The van der Waals surface area contributed by atoms with Crippen molar-refractivity contribution in [2.45, 2.75) is 51.2 Å². The highest BCUT2D eigenvalue weighted by Gasteiger charge is 2.22. The van der Waals surface area contributed by atoms with E-state index in [9.17, 15) is 4.79 Å². The van der Waals surface area contributed by atoms with Crippen LogP contribution in [0.25, 0.3) is 0 Å². The molecule has 3 heterocycles. The molecule has 0 aromatic carbocycles. The van der Waals surface area contributed by atoms with Gasteiger partial charge in [0, 0.05) is 52.1 Å². The number of hydrogen-bond donors (Lipinski definition) is 2. The van der Waals surface area contributed by atoms with Gasteiger partial charge >= 0.3 is 0 Å². The summed E-state index contributed by atoms with van der Waals surface area (Å²) >= 11 is 0. The van der Waals surface area contributed by atoms with Gasteiger partial charge in [0.25, 0.3) is 0 Å². The molecule has 1 aromatic heterocycles. The van der Waals surface area contributed by atoms with E-state index in [0.29, 0.717) is 18.5 Å². The number of guanidine groups is 1. The fraction of sp³-hybridized carbons (Fsp3) is 0.682. The van der Waals surface area contributed by atoms with Gasteiger partial charge < -0.3 is 25.2 Å². The summed E-state index contributed by atoms with van der Waals surface area (Å²) < 4.78 is 5.82. The maximum absolute atomic E-state index is 12.0. The zero-order valence-electron chi connectivity index (χ0n) is 19.0. The summed E-state index contributed by atoms with van der Waals surface area (Å²) in [6, 6.07) is 6.48. The van der Waals surface area contributed by atoms with Gasteiger partial charge in [-0.05, 0) is 51.2 Å². The quantitative estimate of drug-likeness (QED) is 0.325. The average Bonchev–Trinajstić information content (AvgIpc) is 2.76. The average molecular weight is 544 g/mol. The van der Waals surface area contributed by atoms with E-state index >= 15 is 0 Å². The molecule has 0 spiro atoms. The van der Waals surface area contributed by atoms with Gasteiger partial charge in [0.15, 0.2) is 5.96 Å². The van der Waals surface area contributed by atoms with Crippen LogP contribution in [0.4, 0.5) is 5.82 Å². The van der Waals surface area contributed by atoms with Gasteiger partial charge in [0.2, 0.25) is 5.91 Å². The normalized spacial score (nSPS) is 20.0. The largest absolute Gasteiger partial charge is 0.376 e. The number of nitrogens with one attached hydrogen (secondary N) is 2. The summed E-state index contributed by atoms with van der Waals surface area (Å²) in [4.78, 5) is 25.1. The van der Waals surface area contributed by atoms with E-state index in [-0.39, 0.29) is 42.5 Å². The minimum absolute atomic E-state index is 0. The van der Waals surface area contributed by atoms with Crippen LogP contribution in [-0.4, -0.2) is 80.8 Å². The molecule has 0 bridgehead atoms. The molecule has 31 heavy (non-hydrogen) atoms. The molecule has 2 N–H and O–H groups in total. The van der Waals surface area contributed by atoms with Crippen LogP contribution in [-0.2, 0) is 9.53 Å². The third-order valence-electron chi connectivity index (χ3n) is 5.68. The number of halogens is 1. The molecular weight excluding hydrogens is 507 g/mol. The van der Waals surface area contributed by atoms with E-state index in [0.717, 1.165) is 56.9 Å². The van der Waals surface area contributed by atoms with E-state index in [1.165, 1.54) is 6.42 Å². The van der Waals surface area contributed by atoms with Crippen molar-refractivity contribution >= 4 is 41.7 Å². The minimum atomic E-state index is -0.00893. The molecule has 1 aromatic rings. The van der Waals surface area contributed by atoms with Gasteiger partial charge in [-0.2, -0.15) is 0 Å². The highest BCUT2D eigenvalue weighted by atomic mass is 127. The number of pyridine rings is 1. The number of aromatic nitrogens is 1. The monoisotopic (exact) mass is 544 g/mol. The van der Waals surface area contributed by atoms with Gasteiger partial charge in [-0.1, -0.05) is 6.07 Å². The maximum atomic E-state index is 12.0. The van der Waals surface area contributed by atoms with Crippen molar-refractivity contribution in [1.82, 2.24) is 20.5 Å². The van der Waals surface area contributed by atoms with Crippen molar-refractivity contribution in [2.24, 2.45) is 4.99 Å². The number of aliphatic imine (C=N–C) groups is 1. The van der Waals surface area contributed by atoms with E-state index in [1.807, 2.05) is 13.0 Å². The van der Waals surface area contributed by atoms with Gasteiger partial charge in [-0.3, -0.25) is 4.79 Å². The Morgan fingerprint density at radius 2 is 2.03 bits per heavy atom. The van der Waals surface area contributed by atoms with Crippen molar-refractivity contribution < 1.29 is 9.53 Å². The number of hydrogen-bond acceptors (Lipinski definition) is 5. The first-order chi connectivity index (χ1) is 14.5. The predicted molar refractivity (Wildman–Crippen MR) is 135 cm³/mol. The second kappa shape index (κ2) is 13.0. The Bertz CT molecular complexity index is 716. The summed E-state index contributed by atoms with van der Waals surface area (Å²) in [7, 11) is 3.51. The Kier molecular flexibility index (Phi) is 10.8. The van der Waals surface area contributed by atoms with Crippen molar-refractivity contribution in [3.63, 3.8) is 0 Å². The molecule has 1 unspecified atom stereocenters. The molecule has 3 rings (SSSR count). The number of ether oxygens (including phenoxy) is 1. The summed E-state index contributed by atoms with van der Waals surface area (Å²) in [6.45, 7) is 5.61. The fourth-order valence-corrected chi connectivity index (χ4v) is 3.77. The minimum Gasteiger partial charge on any atom is -0.376 e. The molecule has 8 nitrogen and oxygen atoms in total. The maximum Gasteiger partial charge on any atom is 0.243 e. The topological polar surface area (TPSA) is 82.1 Å². The van der Waals surface area contributed by atoms with Crippen LogP contribution in [0, 0.1) is 6.92 Å². The third-order valence-corrected chi connectivity index (χ3v) is 5.68. The molecule has 2 fully saturated rings. The summed E-state index contributed by atoms with van der Waals surface area (Å²) in [5, 5.41) is 6.94. The highest BCUT2D eigenvalue weighted by molar-refractivity contribution is 14.0. The Hall–Kier alpha value is -1.62. The van der Waals surface area contributed by atoms with Crippen molar-refractivity contribution in [3.05, 3.63) is 23.9 Å². The lowest BCUT2D eigenvalue weighted by atomic mass is 10.1. The van der Waals surface area contributed by atoms with Crippen LogP contribution in [0.2, 0.25) is 0 Å². The van der Waals surface area contributed by atoms with Crippen molar-refractivity contribution in [2.75, 3.05) is 51.8 Å². The zero-order chi connectivity index (χ0) is 21.3. The SMILES string of the molecule is Cc1cccc(N2CCC(NC(=NCC(=O)N(C)C)NCC3CCCCO3)CC2)n1.I. The number of rotatable bonds is 6. The first-order valence-corrected chi connectivity index (χ1v) is 11.1. The Morgan fingerprint density at radius 1 is 1.26 bits per heavy atom. The molecule has 1 atom stereocenters. The third kappa shape index (κ3) is 8.44. The van der Waals surface area contributed by atoms with E-state index in [4.69, 9.17) is 4.74 Å². The molecule has 9 heteroatoms. The fourth-order valence-electron chi connectivity index (χ4n) is 3.77. The van der Waals surface area contributed by atoms with Crippen LogP contribution in [0.3, 0.4) is 0 Å². The van der Waals surface area contributed by atoms with Crippen molar-refractivity contribution in [1.29, 1.82) is 0 Å². The molecule has 0 radical (unpaired) electrons. The lowest BCUT2D eigenvalue weighted by Gasteiger charge is -2.34. The van der Waals surface area contributed by atoms with Crippen LogP contribution in [0.1, 0.15) is 37.8 Å². The van der Waals surface area contributed by atoms with Gasteiger partial charge in [-0.25, -0.2) is 9.98 Å². The first-order valence-electron chi connectivity index (χ1n) is 11.1. The van der Waals surface area contributed by atoms with E-state index in [2.05, 4.69) is 37.6 Å². The molecule has 174 valence electrons. The van der Waals surface area contributed by atoms with Crippen molar-refractivity contribution in [3.8, 4) is 0 Å². The highest BCUT2D eigenvalue weighted by Crippen LogP contribution is 2.18. The lowest BCUT2D eigenvalue weighted by Crippen LogP contribution is -2.50. The van der Waals surface area contributed by atoms with Crippen LogP contribution < -0.4 is 15.5 Å². The predicted octanol–water partition coefficient (Wildman–Crippen LogP) is 2.17. The first kappa shape index (κ1) is 25.6. The van der Waals surface area contributed by atoms with Crippen LogP contribution in [0.15, 0.2) is 23.2 Å². The lowest BCUT2D eigenvalue weighted by molar-refractivity contribution is -0.127. The van der Waals surface area contributed by atoms with Gasteiger partial charge in [0.05, 0.1) is 6.10 Å². The summed E-state index contributed by atoms with van der Waals surface area (Å²) in [6.07, 6.45) is 5.62. The smallest absolute Gasteiger partial charge is 0.243 e. The number of piperidine rings is 1. The number of anilines is 1. The molecule has 2 aliphatic heterocycles. The number of amides is 1. The molecule has 2 aliphatic rings. The van der Waals surface area contributed by atoms with Crippen LogP contribution >= 0.6 is 24.0 Å². The Morgan fingerprint density at radius 3 is 2.68 bits per heavy atom. The number of carbonyl (C=O) groups is 1. The molecule has 0 saturated carbocycles. The molecule has 1 amide bonds. The molecule has 2 saturated heterocycles. The zero-order valence-corrected chi connectivity index (χ0v) is 21.3. The van der Waals surface area contributed by atoms with Crippen LogP contribution in [0.5, 0.6) is 0 Å². The van der Waals surface area contributed by atoms with E-state index in [1.54, 1.807) is 19.0 Å². The number of carbonyl (C=O) groups excluding carboxylic acids is 1. The Labute approximate surface area is 203 Å². The molecular formula is C22H37IN6O2. The van der Waals surface area contributed by atoms with Gasteiger partial charge in [-0.15, -0.1) is 24.0 Å². The number of likely N-dealkylation sites (N-methyl/N-ethyl adjacent to an activating group) is 1. The van der Waals surface area contributed by atoms with Gasteiger partial charge in [0.1, 0.15) is 12.4 Å². The Balaban J connectivity index is 0.00000341. The summed E-state index contributed by atoms with van der Waals surface area (Å²) in [5.74, 6) is 1.74. The standard InChI is InChI=1S/C22H36N6O2.HI/c1-17-7-6-9-20(25-17)28-12-10-18(11-13-28)26-22(24-16-21(29)27(2)3)23-15-19-8-4-5-14-30-19;/h6-7,9,18-19H,4-5,8,10-16H2,1-3H3,(H2,23,24,26);1H. The number of nitrogens with zero attached hydrogens (tertiary/aromatic N) is 4. The van der Waals surface area contributed by atoms with E-state index < -0.39 is 0 Å². The number of aryl methyl sites for hydroxylation is 1. The summed E-state index contributed by atoms with van der Waals surface area (Å²) in [5.41, 5.74) is 1.04.